The SMILES string of the molecule is CCCC/C(C)=N/N=C(\C)C1(O)Cc2c(O)c3c(c(O)c2C(OC2CC(N)C(O)C(C)O2)C1)C(=O)c1c(OC)cccc1C3=O. The molecule has 1 aliphatic heterocycles. The summed E-state index contributed by atoms with van der Waals surface area (Å²) in [5, 5.41) is 54.4. The van der Waals surface area contributed by atoms with Gasteiger partial charge < -0.3 is 40.4 Å². The van der Waals surface area contributed by atoms with E-state index in [1.807, 2.05) is 6.92 Å². The van der Waals surface area contributed by atoms with Gasteiger partial charge in [-0.05, 0) is 39.7 Å². The standard InChI is InChI=1S/C33H41N3O9/c1-6-7-9-15(2)35-36-17(4)33(42)13-19-25(22(14-33)45-23-12-20(34)28(37)16(3)44-23)32(41)27-26(30(19)39)29(38)18-10-8-11-21(43-5)24(18)31(27)40/h8,10-11,16,20,22-23,28,37,39,41-42H,6-7,9,12-14,34H2,1-5H3/b35-15+,36-17+. The van der Waals surface area contributed by atoms with E-state index in [2.05, 4.69) is 17.1 Å². The Morgan fingerprint density at radius 1 is 1.11 bits per heavy atom. The Kier molecular flexibility index (Phi) is 9.16. The van der Waals surface area contributed by atoms with E-state index < -0.39 is 59.3 Å². The van der Waals surface area contributed by atoms with Gasteiger partial charge in [-0.15, -0.1) is 0 Å². The molecule has 6 atom stereocenters. The zero-order valence-electron chi connectivity index (χ0n) is 26.2. The van der Waals surface area contributed by atoms with E-state index in [4.69, 9.17) is 19.9 Å². The van der Waals surface area contributed by atoms with Gasteiger partial charge in [0.05, 0.1) is 47.8 Å². The Morgan fingerprint density at radius 2 is 1.82 bits per heavy atom. The van der Waals surface area contributed by atoms with Gasteiger partial charge in [-0.25, -0.2) is 0 Å². The number of carbonyl (C=O) groups is 2. The number of hydrogen-bond donors (Lipinski definition) is 5. The minimum atomic E-state index is -1.73. The molecule has 1 saturated heterocycles. The number of phenolic OH excluding ortho intramolecular Hbond substituents is 2. The molecule has 2 aromatic carbocycles. The quantitative estimate of drug-likeness (QED) is 0.141. The Balaban J connectivity index is 1.65. The Hall–Kier alpha value is -3.68. The van der Waals surface area contributed by atoms with Crippen LogP contribution in [0.5, 0.6) is 17.2 Å². The average Bonchev–Trinajstić information content (AvgIpc) is 3.01. The molecule has 0 radical (unpaired) electrons. The molecule has 12 heteroatoms. The fourth-order valence-corrected chi connectivity index (χ4v) is 6.40. The van der Waals surface area contributed by atoms with Gasteiger partial charge in [0.25, 0.3) is 0 Å². The van der Waals surface area contributed by atoms with Crippen LogP contribution in [0.25, 0.3) is 0 Å². The van der Waals surface area contributed by atoms with Crippen molar-refractivity contribution in [3.05, 3.63) is 51.6 Å². The molecule has 242 valence electrons. The molecule has 6 N–H and O–H groups in total. The minimum absolute atomic E-state index is 0.0205. The number of aromatic hydroxyl groups is 2. The van der Waals surface area contributed by atoms with E-state index in [9.17, 15) is 30.0 Å². The first-order valence-electron chi connectivity index (χ1n) is 15.2. The Morgan fingerprint density at radius 3 is 2.49 bits per heavy atom. The van der Waals surface area contributed by atoms with Crippen molar-refractivity contribution < 1.29 is 44.2 Å². The number of nitrogens with zero attached hydrogens (tertiary/aromatic N) is 2. The second kappa shape index (κ2) is 12.6. The number of aliphatic hydroxyl groups is 2. The van der Waals surface area contributed by atoms with Crippen molar-refractivity contribution >= 4 is 23.0 Å². The van der Waals surface area contributed by atoms with Crippen LogP contribution in [0.2, 0.25) is 0 Å². The molecule has 1 heterocycles. The van der Waals surface area contributed by atoms with Gasteiger partial charge in [0.2, 0.25) is 5.78 Å². The van der Waals surface area contributed by atoms with Crippen LogP contribution >= 0.6 is 0 Å². The first-order chi connectivity index (χ1) is 21.3. The molecule has 3 aliphatic rings. The molecule has 0 amide bonds. The molecule has 0 aromatic heterocycles. The summed E-state index contributed by atoms with van der Waals surface area (Å²) in [6, 6.07) is 3.87. The molecule has 45 heavy (non-hydrogen) atoms. The van der Waals surface area contributed by atoms with Crippen molar-refractivity contribution in [3.8, 4) is 17.2 Å². The van der Waals surface area contributed by atoms with E-state index >= 15 is 0 Å². The maximum Gasteiger partial charge on any atom is 0.202 e. The number of nitrogens with two attached hydrogens (primary N) is 1. The lowest BCUT2D eigenvalue weighted by Gasteiger charge is -2.42. The summed E-state index contributed by atoms with van der Waals surface area (Å²) in [6.45, 7) is 7.18. The van der Waals surface area contributed by atoms with E-state index in [0.717, 1.165) is 25.0 Å². The highest BCUT2D eigenvalue weighted by Gasteiger charge is 2.49. The number of aliphatic hydroxyl groups excluding tert-OH is 1. The highest BCUT2D eigenvalue weighted by atomic mass is 16.7. The summed E-state index contributed by atoms with van der Waals surface area (Å²) < 4.78 is 17.5. The fourth-order valence-electron chi connectivity index (χ4n) is 6.40. The summed E-state index contributed by atoms with van der Waals surface area (Å²) >= 11 is 0. The van der Waals surface area contributed by atoms with E-state index in [1.165, 1.54) is 19.2 Å². The number of methoxy groups -OCH3 is 1. The molecule has 0 bridgehead atoms. The monoisotopic (exact) mass is 623 g/mol. The van der Waals surface area contributed by atoms with Crippen molar-refractivity contribution in [2.24, 2.45) is 15.9 Å². The number of unbranched alkanes of at least 4 members (excludes halogenated alkanes) is 1. The molecule has 0 saturated carbocycles. The molecule has 5 rings (SSSR count). The molecule has 0 spiro atoms. The van der Waals surface area contributed by atoms with Gasteiger partial charge in [0.1, 0.15) is 22.8 Å². The number of fused-ring (bicyclic) bond motifs is 3. The van der Waals surface area contributed by atoms with Gasteiger partial charge in [0.15, 0.2) is 12.1 Å². The highest BCUT2D eigenvalue weighted by Crippen LogP contribution is 2.52. The van der Waals surface area contributed by atoms with Gasteiger partial charge >= 0.3 is 0 Å². The van der Waals surface area contributed by atoms with Crippen molar-refractivity contribution in [1.82, 2.24) is 0 Å². The smallest absolute Gasteiger partial charge is 0.202 e. The molecule has 2 aliphatic carbocycles. The number of hydrogen-bond acceptors (Lipinski definition) is 12. The highest BCUT2D eigenvalue weighted by molar-refractivity contribution is 6.31. The topological polar surface area (TPSA) is 193 Å². The van der Waals surface area contributed by atoms with E-state index in [0.29, 0.717) is 0 Å². The Labute approximate surface area is 261 Å². The molecule has 2 aromatic rings. The largest absolute Gasteiger partial charge is 0.507 e. The number of carbonyl (C=O) groups excluding carboxylic acids is 2. The maximum absolute atomic E-state index is 13.9. The predicted octanol–water partition coefficient (Wildman–Crippen LogP) is 3.47. The van der Waals surface area contributed by atoms with Crippen LogP contribution in [0.3, 0.4) is 0 Å². The maximum atomic E-state index is 13.9. The van der Waals surface area contributed by atoms with Crippen LogP contribution in [0.1, 0.15) is 109 Å². The van der Waals surface area contributed by atoms with Crippen molar-refractivity contribution in [1.29, 1.82) is 0 Å². The molecule has 1 fully saturated rings. The summed E-state index contributed by atoms with van der Waals surface area (Å²) in [5.74, 6) is -2.32. The average molecular weight is 624 g/mol. The van der Waals surface area contributed by atoms with Crippen molar-refractivity contribution in [2.45, 2.75) is 102 Å². The summed E-state index contributed by atoms with van der Waals surface area (Å²) in [5.41, 5.74) is 4.76. The predicted molar refractivity (Wildman–Crippen MR) is 165 cm³/mol. The number of benzene rings is 2. The number of ketones is 2. The molecular weight excluding hydrogens is 582 g/mol. The summed E-state index contributed by atoms with van der Waals surface area (Å²) in [6.07, 6.45) is -1.33. The van der Waals surface area contributed by atoms with Crippen LogP contribution in [0.15, 0.2) is 28.4 Å². The number of phenols is 2. The summed E-state index contributed by atoms with van der Waals surface area (Å²) in [7, 11) is 1.36. The van der Waals surface area contributed by atoms with Crippen LogP contribution in [-0.2, 0) is 15.9 Å². The number of ether oxygens (including phenoxy) is 3. The van der Waals surface area contributed by atoms with Gasteiger partial charge in [-0.2, -0.15) is 10.2 Å². The minimum Gasteiger partial charge on any atom is -0.507 e. The second-order valence-electron chi connectivity index (χ2n) is 12.2. The third kappa shape index (κ3) is 5.77. The van der Waals surface area contributed by atoms with Gasteiger partial charge in [-0.1, -0.05) is 25.5 Å². The third-order valence-corrected chi connectivity index (χ3v) is 9.08. The van der Waals surface area contributed by atoms with Crippen LogP contribution in [0, 0.1) is 0 Å². The van der Waals surface area contributed by atoms with Crippen LogP contribution in [-0.4, -0.2) is 80.7 Å². The van der Waals surface area contributed by atoms with E-state index in [-0.39, 0.29) is 64.1 Å². The molecular formula is C33H41N3O9. The third-order valence-electron chi connectivity index (χ3n) is 9.08. The Bertz CT molecular complexity index is 1570. The number of rotatable bonds is 8. The first-order valence-corrected chi connectivity index (χ1v) is 15.2. The zero-order chi connectivity index (χ0) is 32.8. The van der Waals surface area contributed by atoms with Gasteiger partial charge in [-0.3, -0.25) is 9.59 Å². The van der Waals surface area contributed by atoms with Crippen molar-refractivity contribution in [3.63, 3.8) is 0 Å². The fraction of sp³-hybridized carbons (Fsp3) is 0.515. The summed E-state index contributed by atoms with van der Waals surface area (Å²) in [4.78, 5) is 27.6. The second-order valence-corrected chi connectivity index (χ2v) is 12.2. The van der Waals surface area contributed by atoms with Gasteiger partial charge in [0, 0.05) is 47.7 Å². The lowest BCUT2D eigenvalue weighted by atomic mass is 9.72. The zero-order valence-corrected chi connectivity index (χ0v) is 26.2. The lowest BCUT2D eigenvalue weighted by molar-refractivity contribution is -0.245. The lowest BCUT2D eigenvalue weighted by Crippen LogP contribution is -2.52. The molecule has 12 nitrogen and oxygen atoms in total. The van der Waals surface area contributed by atoms with Crippen molar-refractivity contribution in [2.75, 3.05) is 7.11 Å². The molecule has 6 unspecified atom stereocenters. The normalized spacial score (nSPS) is 28.4. The van der Waals surface area contributed by atoms with Crippen LogP contribution < -0.4 is 10.5 Å². The van der Waals surface area contributed by atoms with E-state index in [1.54, 1.807) is 19.9 Å². The van der Waals surface area contributed by atoms with Crippen LogP contribution in [0.4, 0.5) is 0 Å². The first kappa shape index (κ1) is 32.7.